The first-order chi connectivity index (χ1) is 7.07. The Morgan fingerprint density at radius 3 is 1.87 bits per heavy atom. The molecule has 3 heteroatoms. The summed E-state index contributed by atoms with van der Waals surface area (Å²) < 4.78 is 0. The number of carboxylic acid groups (broad SMARTS) is 1. The maximum atomic E-state index is 11.3. The van der Waals surface area contributed by atoms with E-state index in [4.69, 9.17) is 0 Å². The van der Waals surface area contributed by atoms with Gasteiger partial charge in [0.25, 0.3) is 0 Å². The number of unbranched alkanes of at least 4 members (excludes halogenated alkanes) is 1. The monoisotopic (exact) mass is 228 g/mol. The van der Waals surface area contributed by atoms with Crippen LogP contribution in [0.1, 0.15) is 40.5 Å². The first-order valence-corrected chi connectivity index (χ1v) is 8.64. The zero-order chi connectivity index (χ0) is 11.9. The molecular formula is C12H24O2Si. The second kappa shape index (κ2) is 6.83. The minimum absolute atomic E-state index is 0.680. The number of hydrogen-bond acceptors (Lipinski definition) is 1. The van der Waals surface area contributed by atoms with Crippen molar-refractivity contribution in [2.45, 2.75) is 58.7 Å². The third-order valence-corrected chi connectivity index (χ3v) is 9.09. The molecule has 0 rings (SSSR count). The minimum Gasteiger partial charge on any atom is -0.478 e. The summed E-state index contributed by atoms with van der Waals surface area (Å²) in [6, 6.07) is 3.13. The Balaban J connectivity index is 5.09. The lowest BCUT2D eigenvalue weighted by atomic mass is 10.3. The number of hydrogen-bond donors (Lipinski definition) is 1. The van der Waals surface area contributed by atoms with Crippen molar-refractivity contribution in [2.24, 2.45) is 0 Å². The Labute approximate surface area is 94.4 Å². The molecule has 1 N–H and O–H groups in total. The van der Waals surface area contributed by atoms with E-state index in [1.165, 1.54) is 0 Å². The average Bonchev–Trinajstić information content (AvgIpc) is 2.24. The highest BCUT2D eigenvalue weighted by Crippen LogP contribution is 2.29. The third kappa shape index (κ3) is 3.49. The van der Waals surface area contributed by atoms with Gasteiger partial charge in [0.1, 0.15) is 0 Å². The SMILES string of the molecule is CCC/C=C(\C(=O)O)[Si](CC)(CC)CC. The summed E-state index contributed by atoms with van der Waals surface area (Å²) >= 11 is 0. The van der Waals surface area contributed by atoms with Gasteiger partial charge in [-0.15, -0.1) is 0 Å². The van der Waals surface area contributed by atoms with Crippen LogP contribution in [0, 0.1) is 0 Å². The van der Waals surface area contributed by atoms with Crippen molar-refractivity contribution in [1.29, 1.82) is 0 Å². The number of rotatable bonds is 7. The van der Waals surface area contributed by atoms with Crippen LogP contribution in [-0.4, -0.2) is 19.1 Å². The molecule has 0 aliphatic carbocycles. The van der Waals surface area contributed by atoms with Crippen molar-refractivity contribution >= 4 is 14.0 Å². The van der Waals surface area contributed by atoms with E-state index in [0.29, 0.717) is 0 Å². The summed E-state index contributed by atoms with van der Waals surface area (Å²) in [5, 5.41) is 10.1. The van der Waals surface area contributed by atoms with Crippen molar-refractivity contribution in [3.05, 3.63) is 11.3 Å². The van der Waals surface area contributed by atoms with Gasteiger partial charge >= 0.3 is 5.97 Å². The fourth-order valence-electron chi connectivity index (χ4n) is 2.14. The van der Waals surface area contributed by atoms with E-state index in [-0.39, 0.29) is 0 Å². The predicted molar refractivity (Wildman–Crippen MR) is 67.8 cm³/mol. The lowest BCUT2D eigenvalue weighted by Crippen LogP contribution is -2.38. The minimum atomic E-state index is -1.69. The molecule has 0 saturated heterocycles. The fraction of sp³-hybridized carbons (Fsp3) is 0.750. The van der Waals surface area contributed by atoms with E-state index in [0.717, 1.165) is 36.2 Å². The van der Waals surface area contributed by atoms with E-state index in [1.807, 2.05) is 6.08 Å². The number of carboxylic acids is 1. The Morgan fingerprint density at radius 2 is 1.60 bits per heavy atom. The summed E-state index contributed by atoms with van der Waals surface area (Å²) in [6.45, 7) is 8.51. The second-order valence-corrected chi connectivity index (χ2v) is 9.27. The first kappa shape index (κ1) is 14.4. The normalized spacial score (nSPS) is 12.9. The van der Waals surface area contributed by atoms with E-state index >= 15 is 0 Å². The summed E-state index contributed by atoms with van der Waals surface area (Å²) in [4.78, 5) is 11.3. The van der Waals surface area contributed by atoms with Crippen LogP contribution in [0.4, 0.5) is 0 Å². The van der Waals surface area contributed by atoms with Crippen molar-refractivity contribution in [3.8, 4) is 0 Å². The molecule has 0 unspecified atom stereocenters. The lowest BCUT2D eigenvalue weighted by molar-refractivity contribution is -0.132. The summed E-state index contributed by atoms with van der Waals surface area (Å²) in [5.74, 6) is -0.680. The fourth-order valence-corrected chi connectivity index (χ4v) is 5.81. The van der Waals surface area contributed by atoms with Crippen molar-refractivity contribution in [3.63, 3.8) is 0 Å². The molecule has 88 valence electrons. The highest BCUT2D eigenvalue weighted by molar-refractivity contribution is 6.89. The van der Waals surface area contributed by atoms with Crippen LogP contribution >= 0.6 is 0 Å². The standard InChI is InChI=1S/C12H24O2Si/c1-5-9-10-11(12(13)14)15(6-2,7-3)8-4/h10H,5-9H2,1-4H3,(H,13,14)/b11-10+. The van der Waals surface area contributed by atoms with Crippen molar-refractivity contribution < 1.29 is 9.90 Å². The Hall–Kier alpha value is -0.573. The predicted octanol–water partition coefficient (Wildman–Crippen LogP) is 3.85. The molecule has 0 radical (unpaired) electrons. The molecule has 2 nitrogen and oxygen atoms in total. The Bertz CT molecular complexity index is 222. The zero-order valence-electron chi connectivity index (χ0n) is 10.5. The van der Waals surface area contributed by atoms with Gasteiger partial charge in [0, 0.05) is 5.20 Å². The molecule has 0 aromatic rings. The molecule has 0 spiro atoms. The lowest BCUT2D eigenvalue weighted by Gasteiger charge is -2.28. The molecule has 0 saturated carbocycles. The van der Waals surface area contributed by atoms with Crippen LogP contribution in [0.3, 0.4) is 0 Å². The molecule has 0 amide bonds. The molecular weight excluding hydrogens is 204 g/mol. The van der Waals surface area contributed by atoms with Gasteiger partial charge in [-0.05, 0) is 6.42 Å². The molecule has 0 atom stereocenters. The third-order valence-electron chi connectivity index (χ3n) is 3.47. The van der Waals surface area contributed by atoms with Crippen LogP contribution in [-0.2, 0) is 4.79 Å². The maximum absolute atomic E-state index is 11.3. The zero-order valence-corrected chi connectivity index (χ0v) is 11.5. The van der Waals surface area contributed by atoms with E-state index in [9.17, 15) is 9.90 Å². The van der Waals surface area contributed by atoms with Crippen LogP contribution in [0.5, 0.6) is 0 Å². The van der Waals surface area contributed by atoms with Crippen LogP contribution in [0.2, 0.25) is 18.1 Å². The average molecular weight is 228 g/mol. The van der Waals surface area contributed by atoms with Crippen LogP contribution in [0.15, 0.2) is 11.3 Å². The smallest absolute Gasteiger partial charge is 0.327 e. The topological polar surface area (TPSA) is 37.3 Å². The van der Waals surface area contributed by atoms with Gasteiger partial charge in [-0.25, -0.2) is 4.79 Å². The van der Waals surface area contributed by atoms with Gasteiger partial charge in [0.05, 0.1) is 8.07 Å². The number of aliphatic carboxylic acids is 1. The van der Waals surface area contributed by atoms with Crippen LogP contribution in [0.25, 0.3) is 0 Å². The van der Waals surface area contributed by atoms with E-state index < -0.39 is 14.0 Å². The quantitative estimate of drug-likeness (QED) is 0.531. The van der Waals surface area contributed by atoms with E-state index in [2.05, 4.69) is 27.7 Å². The molecule has 0 aliphatic heterocycles. The largest absolute Gasteiger partial charge is 0.478 e. The van der Waals surface area contributed by atoms with Gasteiger partial charge in [0.15, 0.2) is 0 Å². The maximum Gasteiger partial charge on any atom is 0.327 e. The van der Waals surface area contributed by atoms with Gasteiger partial charge < -0.3 is 5.11 Å². The van der Waals surface area contributed by atoms with Gasteiger partial charge in [0.2, 0.25) is 0 Å². The molecule has 15 heavy (non-hydrogen) atoms. The van der Waals surface area contributed by atoms with Crippen LogP contribution < -0.4 is 0 Å². The second-order valence-electron chi connectivity index (χ2n) is 4.05. The first-order valence-electron chi connectivity index (χ1n) is 6.01. The molecule has 0 heterocycles. The van der Waals surface area contributed by atoms with Gasteiger partial charge in [-0.1, -0.05) is 58.3 Å². The molecule has 0 aromatic carbocycles. The molecule has 0 fully saturated rings. The molecule has 0 aliphatic rings. The summed E-state index contributed by atoms with van der Waals surface area (Å²) in [5.41, 5.74) is 0. The Morgan fingerprint density at radius 1 is 1.13 bits per heavy atom. The van der Waals surface area contributed by atoms with Gasteiger partial charge in [-0.2, -0.15) is 0 Å². The molecule has 0 aromatic heterocycles. The molecule has 0 bridgehead atoms. The highest BCUT2D eigenvalue weighted by Gasteiger charge is 2.35. The number of allylic oxidation sites excluding steroid dienone is 1. The van der Waals surface area contributed by atoms with Gasteiger partial charge in [-0.3, -0.25) is 0 Å². The van der Waals surface area contributed by atoms with Crippen molar-refractivity contribution in [2.75, 3.05) is 0 Å². The van der Waals surface area contributed by atoms with Crippen molar-refractivity contribution in [1.82, 2.24) is 0 Å². The van der Waals surface area contributed by atoms with E-state index in [1.54, 1.807) is 0 Å². The summed E-state index contributed by atoms with van der Waals surface area (Å²) in [6.07, 6.45) is 3.90. The number of carbonyl (C=O) groups is 1. The highest BCUT2D eigenvalue weighted by atomic mass is 28.3. The summed E-state index contributed by atoms with van der Waals surface area (Å²) in [7, 11) is -1.69. The Kier molecular flexibility index (Phi) is 6.57.